The normalized spacial score (nSPS) is 14.6. The SMILES string of the molecule is COCc1cc(-c2nnc3c4ccccc4c(OCc4ccc(C(O)NC5CC5)cn4)nn23)no1. The van der Waals surface area contributed by atoms with Gasteiger partial charge in [0.2, 0.25) is 11.7 Å². The first kappa shape index (κ1) is 21.6. The van der Waals surface area contributed by atoms with E-state index in [9.17, 15) is 5.11 Å². The first-order chi connectivity index (χ1) is 17.2. The minimum Gasteiger partial charge on any atom is -0.470 e. The average Bonchev–Trinajstić information content (AvgIpc) is 3.40. The Balaban J connectivity index is 1.29. The Morgan fingerprint density at radius 3 is 2.77 bits per heavy atom. The number of fused-ring (bicyclic) bond motifs is 3. The molecule has 11 heteroatoms. The largest absolute Gasteiger partial charge is 0.470 e. The van der Waals surface area contributed by atoms with E-state index in [0.29, 0.717) is 47.1 Å². The number of nitrogens with one attached hydrogen (secondary N) is 1. The number of ether oxygens (including phenoxy) is 2. The third-order valence-corrected chi connectivity index (χ3v) is 5.80. The maximum absolute atomic E-state index is 10.3. The van der Waals surface area contributed by atoms with Crippen molar-refractivity contribution in [2.24, 2.45) is 0 Å². The monoisotopic (exact) mass is 473 g/mol. The summed E-state index contributed by atoms with van der Waals surface area (Å²) in [4.78, 5) is 4.44. The predicted molar refractivity (Wildman–Crippen MR) is 124 cm³/mol. The Labute approximate surface area is 199 Å². The summed E-state index contributed by atoms with van der Waals surface area (Å²) in [6.07, 6.45) is 3.14. The van der Waals surface area contributed by atoms with Crippen LogP contribution in [0.2, 0.25) is 0 Å². The molecule has 0 amide bonds. The summed E-state index contributed by atoms with van der Waals surface area (Å²) < 4.78 is 18.1. The number of aliphatic hydroxyl groups excluding tert-OH is 1. The van der Waals surface area contributed by atoms with E-state index in [1.807, 2.05) is 36.4 Å². The van der Waals surface area contributed by atoms with Gasteiger partial charge >= 0.3 is 0 Å². The molecule has 0 bridgehead atoms. The van der Waals surface area contributed by atoms with Gasteiger partial charge in [0, 0.05) is 41.8 Å². The molecule has 1 fully saturated rings. The van der Waals surface area contributed by atoms with Crippen LogP contribution in [0.3, 0.4) is 0 Å². The van der Waals surface area contributed by atoms with Crippen LogP contribution in [0.5, 0.6) is 5.88 Å². The van der Waals surface area contributed by atoms with Crippen molar-refractivity contribution in [3.05, 3.63) is 65.7 Å². The Kier molecular flexibility index (Phi) is 5.57. The Morgan fingerprint density at radius 2 is 2.00 bits per heavy atom. The number of benzene rings is 1. The van der Waals surface area contributed by atoms with Crippen LogP contribution in [0.25, 0.3) is 27.9 Å². The number of nitrogens with zero attached hydrogens (tertiary/aromatic N) is 6. The maximum atomic E-state index is 10.3. The number of rotatable bonds is 9. The summed E-state index contributed by atoms with van der Waals surface area (Å²) in [5, 5.41) is 32.4. The van der Waals surface area contributed by atoms with Crippen molar-refractivity contribution in [3.8, 4) is 17.4 Å². The van der Waals surface area contributed by atoms with Gasteiger partial charge in [0.25, 0.3) is 0 Å². The summed E-state index contributed by atoms with van der Waals surface area (Å²) in [7, 11) is 1.58. The lowest BCUT2D eigenvalue weighted by molar-refractivity contribution is 0.136. The highest BCUT2D eigenvalue weighted by Crippen LogP contribution is 2.29. The smallest absolute Gasteiger partial charge is 0.240 e. The van der Waals surface area contributed by atoms with E-state index in [4.69, 9.17) is 14.0 Å². The Morgan fingerprint density at radius 1 is 1.14 bits per heavy atom. The molecule has 0 saturated heterocycles. The summed E-state index contributed by atoms with van der Waals surface area (Å²) >= 11 is 0. The van der Waals surface area contributed by atoms with Gasteiger partial charge < -0.3 is 19.1 Å². The fraction of sp³-hybridized carbons (Fsp3) is 0.292. The van der Waals surface area contributed by atoms with Crippen LogP contribution in [0.15, 0.2) is 53.2 Å². The summed E-state index contributed by atoms with van der Waals surface area (Å²) in [5.41, 5.74) is 2.51. The molecular weight excluding hydrogens is 450 g/mol. The molecule has 4 aromatic heterocycles. The summed E-state index contributed by atoms with van der Waals surface area (Å²) in [5.74, 6) is 1.42. The topological polar surface area (TPSA) is 133 Å². The van der Waals surface area contributed by atoms with Gasteiger partial charge in [0.15, 0.2) is 17.1 Å². The van der Waals surface area contributed by atoms with Crippen LogP contribution in [-0.4, -0.2) is 48.2 Å². The minimum absolute atomic E-state index is 0.203. The van der Waals surface area contributed by atoms with E-state index in [0.717, 1.165) is 29.2 Å². The van der Waals surface area contributed by atoms with Crippen molar-refractivity contribution >= 4 is 16.4 Å². The number of pyridine rings is 1. The van der Waals surface area contributed by atoms with Crippen molar-refractivity contribution in [2.75, 3.05) is 7.11 Å². The van der Waals surface area contributed by atoms with E-state index < -0.39 is 6.23 Å². The van der Waals surface area contributed by atoms with Crippen LogP contribution >= 0.6 is 0 Å². The van der Waals surface area contributed by atoms with Gasteiger partial charge in [0.1, 0.15) is 19.4 Å². The number of methoxy groups -OCH3 is 1. The second-order valence-electron chi connectivity index (χ2n) is 8.44. The molecule has 1 aromatic carbocycles. The van der Waals surface area contributed by atoms with Crippen molar-refractivity contribution in [1.29, 1.82) is 0 Å². The van der Waals surface area contributed by atoms with E-state index >= 15 is 0 Å². The molecule has 5 aromatic rings. The predicted octanol–water partition coefficient (Wildman–Crippen LogP) is 2.80. The van der Waals surface area contributed by atoms with Crippen LogP contribution in [-0.2, 0) is 18.0 Å². The van der Waals surface area contributed by atoms with Crippen molar-refractivity contribution in [2.45, 2.75) is 38.3 Å². The van der Waals surface area contributed by atoms with E-state index in [1.54, 1.807) is 23.9 Å². The first-order valence-electron chi connectivity index (χ1n) is 11.3. The first-order valence-corrected chi connectivity index (χ1v) is 11.3. The fourth-order valence-corrected chi connectivity index (χ4v) is 3.84. The third-order valence-electron chi connectivity index (χ3n) is 5.80. The van der Waals surface area contributed by atoms with Crippen molar-refractivity contribution in [3.63, 3.8) is 0 Å². The zero-order valence-electron chi connectivity index (χ0n) is 19.0. The molecular formula is C24H23N7O4. The lowest BCUT2D eigenvalue weighted by Gasteiger charge is -2.13. The van der Waals surface area contributed by atoms with Gasteiger partial charge in [-0.15, -0.1) is 15.3 Å². The third kappa shape index (κ3) is 4.32. The quantitative estimate of drug-likeness (QED) is 0.308. The number of hydrogen-bond donors (Lipinski definition) is 2. The molecule has 0 radical (unpaired) electrons. The summed E-state index contributed by atoms with van der Waals surface area (Å²) in [6.45, 7) is 0.502. The number of aliphatic hydroxyl groups is 1. The van der Waals surface area contributed by atoms with Gasteiger partial charge in [-0.3, -0.25) is 10.3 Å². The average molecular weight is 473 g/mol. The van der Waals surface area contributed by atoms with Crippen LogP contribution < -0.4 is 10.1 Å². The Bertz CT molecular complexity index is 1480. The molecule has 11 nitrogen and oxygen atoms in total. The molecule has 1 aliphatic rings. The fourth-order valence-electron chi connectivity index (χ4n) is 3.84. The zero-order chi connectivity index (χ0) is 23.8. The minimum atomic E-state index is -0.717. The molecule has 1 unspecified atom stereocenters. The van der Waals surface area contributed by atoms with E-state index in [-0.39, 0.29) is 6.61 Å². The van der Waals surface area contributed by atoms with Crippen LogP contribution in [0, 0.1) is 0 Å². The highest BCUT2D eigenvalue weighted by atomic mass is 16.5. The van der Waals surface area contributed by atoms with Gasteiger partial charge in [0.05, 0.1) is 5.69 Å². The Hall–Kier alpha value is -3.93. The molecule has 0 aliphatic heterocycles. The van der Waals surface area contributed by atoms with Crippen molar-refractivity contribution in [1.82, 2.24) is 35.3 Å². The number of aromatic nitrogens is 6. The maximum Gasteiger partial charge on any atom is 0.240 e. The van der Waals surface area contributed by atoms with Gasteiger partial charge in [-0.1, -0.05) is 29.4 Å². The molecule has 178 valence electrons. The molecule has 0 spiro atoms. The second kappa shape index (κ2) is 9.02. The van der Waals surface area contributed by atoms with E-state index in [1.165, 1.54) is 0 Å². The lowest BCUT2D eigenvalue weighted by Crippen LogP contribution is -2.23. The highest BCUT2D eigenvalue weighted by molar-refractivity contribution is 5.96. The molecule has 2 N–H and O–H groups in total. The van der Waals surface area contributed by atoms with Crippen LogP contribution in [0.1, 0.15) is 36.1 Å². The zero-order valence-corrected chi connectivity index (χ0v) is 19.0. The number of hydrogen-bond acceptors (Lipinski definition) is 10. The molecule has 4 heterocycles. The molecule has 1 saturated carbocycles. The molecule has 6 rings (SSSR count). The standard InChI is InChI=1S/C24H23N7O4/c1-33-13-17-10-20(30-35-17)22-28-27-21-18-4-2-3-5-19(18)24(29-31(21)22)34-12-16-7-6-14(11-25-16)23(32)26-15-8-9-15/h2-7,10-11,15,23,26,32H,8-9,12-13H2,1H3. The second-order valence-corrected chi connectivity index (χ2v) is 8.44. The van der Waals surface area contributed by atoms with Crippen LogP contribution in [0.4, 0.5) is 0 Å². The summed E-state index contributed by atoms with van der Waals surface area (Å²) in [6, 6.07) is 13.5. The van der Waals surface area contributed by atoms with Gasteiger partial charge in [-0.25, -0.2) is 0 Å². The van der Waals surface area contributed by atoms with Gasteiger partial charge in [-0.05, 0) is 25.0 Å². The van der Waals surface area contributed by atoms with Gasteiger partial charge in [-0.2, -0.15) is 4.52 Å². The lowest BCUT2D eigenvalue weighted by atomic mass is 10.2. The highest BCUT2D eigenvalue weighted by Gasteiger charge is 2.24. The molecule has 1 aliphatic carbocycles. The molecule has 1 atom stereocenters. The van der Waals surface area contributed by atoms with Crippen molar-refractivity contribution < 1.29 is 19.1 Å². The van der Waals surface area contributed by atoms with E-state index in [2.05, 4.69) is 30.8 Å². The molecule has 35 heavy (non-hydrogen) atoms.